The lowest BCUT2D eigenvalue weighted by molar-refractivity contribution is -0.143. The quantitative estimate of drug-likeness (QED) is 0.482. The molecule has 14 heavy (non-hydrogen) atoms. The molecule has 0 heterocycles. The van der Waals surface area contributed by atoms with Gasteiger partial charge in [0.05, 0.1) is 0 Å². The Morgan fingerprint density at radius 3 is 2.36 bits per heavy atom. The highest BCUT2D eigenvalue weighted by Crippen LogP contribution is 1.90. The molecule has 0 radical (unpaired) electrons. The number of nitrogens with two attached hydrogens (primary N) is 1. The SMILES string of the molecule is CC(C)=CC(=O)OCC(=O)NC(N)=O. The Bertz CT molecular complexity index is 279. The van der Waals surface area contributed by atoms with Crippen molar-refractivity contribution in [1.29, 1.82) is 0 Å². The second-order valence-corrected chi connectivity index (χ2v) is 2.74. The predicted molar refractivity (Wildman–Crippen MR) is 48.1 cm³/mol. The molecule has 6 heteroatoms. The highest BCUT2D eigenvalue weighted by Gasteiger charge is 2.06. The van der Waals surface area contributed by atoms with Crippen LogP contribution in [0, 0.1) is 0 Å². The molecule has 6 nitrogen and oxygen atoms in total. The number of amides is 3. The minimum atomic E-state index is -0.978. The molecule has 0 bridgehead atoms. The summed E-state index contributed by atoms with van der Waals surface area (Å²) in [5, 5.41) is 1.75. The number of hydrogen-bond donors (Lipinski definition) is 2. The lowest BCUT2D eigenvalue weighted by Gasteiger charge is -2.01. The fraction of sp³-hybridized carbons (Fsp3) is 0.375. The van der Waals surface area contributed by atoms with E-state index in [2.05, 4.69) is 10.5 Å². The van der Waals surface area contributed by atoms with E-state index in [4.69, 9.17) is 0 Å². The Hall–Kier alpha value is -1.85. The molecular formula is C8H12N2O4. The van der Waals surface area contributed by atoms with Crippen LogP contribution in [0.5, 0.6) is 0 Å². The average molecular weight is 200 g/mol. The van der Waals surface area contributed by atoms with Crippen LogP contribution in [0.25, 0.3) is 0 Å². The van der Waals surface area contributed by atoms with Crippen molar-refractivity contribution in [2.75, 3.05) is 6.61 Å². The van der Waals surface area contributed by atoms with Crippen molar-refractivity contribution in [3.8, 4) is 0 Å². The summed E-state index contributed by atoms with van der Waals surface area (Å²) in [6.45, 7) is 2.90. The minimum absolute atomic E-state index is 0.522. The molecule has 3 N–H and O–H groups in total. The number of imide groups is 1. The zero-order valence-electron chi connectivity index (χ0n) is 7.99. The first-order valence-corrected chi connectivity index (χ1v) is 3.82. The van der Waals surface area contributed by atoms with Gasteiger partial charge in [0.25, 0.3) is 5.91 Å². The third-order valence-electron chi connectivity index (χ3n) is 1.01. The van der Waals surface area contributed by atoms with Crippen LogP contribution in [0.1, 0.15) is 13.8 Å². The fourth-order valence-electron chi connectivity index (χ4n) is 0.588. The summed E-state index contributed by atoms with van der Waals surface area (Å²) >= 11 is 0. The number of rotatable bonds is 3. The van der Waals surface area contributed by atoms with Gasteiger partial charge in [0, 0.05) is 6.08 Å². The van der Waals surface area contributed by atoms with Gasteiger partial charge in [-0.3, -0.25) is 10.1 Å². The van der Waals surface area contributed by atoms with Gasteiger partial charge >= 0.3 is 12.0 Å². The lowest BCUT2D eigenvalue weighted by atomic mass is 10.3. The van der Waals surface area contributed by atoms with Crippen LogP contribution in [0.15, 0.2) is 11.6 Å². The zero-order chi connectivity index (χ0) is 11.1. The maximum absolute atomic E-state index is 10.8. The molecule has 0 atom stereocenters. The number of nitrogens with one attached hydrogen (secondary N) is 1. The third kappa shape index (κ3) is 6.84. The van der Waals surface area contributed by atoms with Crippen LogP contribution in [0.3, 0.4) is 0 Å². The molecule has 0 saturated carbocycles. The van der Waals surface area contributed by atoms with Gasteiger partial charge in [-0.1, -0.05) is 5.57 Å². The van der Waals surface area contributed by atoms with E-state index in [0.29, 0.717) is 0 Å². The minimum Gasteiger partial charge on any atom is -0.452 e. The summed E-state index contributed by atoms with van der Waals surface area (Å²) in [4.78, 5) is 31.8. The lowest BCUT2D eigenvalue weighted by Crippen LogP contribution is -2.37. The van der Waals surface area contributed by atoms with E-state index in [-0.39, 0.29) is 0 Å². The summed E-state index contributed by atoms with van der Waals surface area (Å²) < 4.78 is 4.48. The first-order valence-electron chi connectivity index (χ1n) is 3.82. The van der Waals surface area contributed by atoms with Crippen molar-refractivity contribution in [3.05, 3.63) is 11.6 Å². The van der Waals surface area contributed by atoms with Crippen molar-refractivity contribution >= 4 is 17.9 Å². The van der Waals surface area contributed by atoms with Gasteiger partial charge in [0.2, 0.25) is 0 Å². The molecule has 0 unspecified atom stereocenters. The molecule has 0 saturated heterocycles. The summed E-state index contributed by atoms with van der Waals surface area (Å²) in [5.41, 5.74) is 5.41. The van der Waals surface area contributed by atoms with Crippen molar-refractivity contribution in [3.63, 3.8) is 0 Å². The molecule has 0 aliphatic heterocycles. The Morgan fingerprint density at radius 1 is 1.36 bits per heavy atom. The van der Waals surface area contributed by atoms with E-state index < -0.39 is 24.5 Å². The monoisotopic (exact) mass is 200 g/mol. The number of allylic oxidation sites excluding steroid dienone is 1. The second kappa shape index (κ2) is 5.74. The molecule has 0 aromatic heterocycles. The number of urea groups is 1. The van der Waals surface area contributed by atoms with Crippen molar-refractivity contribution in [1.82, 2.24) is 5.32 Å². The zero-order valence-corrected chi connectivity index (χ0v) is 7.99. The van der Waals surface area contributed by atoms with Crippen LogP contribution in [0.4, 0.5) is 4.79 Å². The Morgan fingerprint density at radius 2 is 1.93 bits per heavy atom. The van der Waals surface area contributed by atoms with Crippen molar-refractivity contribution < 1.29 is 19.1 Å². The number of hydrogen-bond acceptors (Lipinski definition) is 4. The van der Waals surface area contributed by atoms with Crippen LogP contribution in [0.2, 0.25) is 0 Å². The van der Waals surface area contributed by atoms with Gasteiger partial charge in [-0.2, -0.15) is 0 Å². The number of carbonyl (C=O) groups is 3. The van der Waals surface area contributed by atoms with Gasteiger partial charge < -0.3 is 10.5 Å². The maximum atomic E-state index is 10.8. The summed E-state index contributed by atoms with van der Waals surface area (Å²) in [6.07, 6.45) is 1.23. The molecule has 78 valence electrons. The molecule has 3 amide bonds. The molecular weight excluding hydrogens is 188 g/mol. The Kier molecular flexibility index (Phi) is 4.98. The molecule has 0 aromatic rings. The summed E-state index contributed by atoms with van der Waals surface area (Å²) in [5.74, 6) is -1.39. The van der Waals surface area contributed by atoms with E-state index in [0.717, 1.165) is 5.57 Å². The molecule has 0 fully saturated rings. The number of primary amides is 1. The van der Waals surface area contributed by atoms with Gasteiger partial charge in [-0.15, -0.1) is 0 Å². The molecule has 0 aliphatic rings. The molecule has 0 spiro atoms. The van der Waals surface area contributed by atoms with Gasteiger partial charge in [0.15, 0.2) is 6.61 Å². The second-order valence-electron chi connectivity index (χ2n) is 2.74. The van der Waals surface area contributed by atoms with Crippen molar-refractivity contribution in [2.45, 2.75) is 13.8 Å². The standard InChI is InChI=1S/C8H12N2O4/c1-5(2)3-7(12)14-4-6(11)10-8(9)13/h3H,4H2,1-2H3,(H3,9,10,11,13). The normalized spacial score (nSPS) is 8.71. The van der Waals surface area contributed by atoms with Gasteiger partial charge in [-0.25, -0.2) is 9.59 Å². The first kappa shape index (κ1) is 12.2. The predicted octanol–water partition coefficient (Wildman–Crippen LogP) is -0.309. The average Bonchev–Trinajstić information content (AvgIpc) is 1.98. The highest BCUT2D eigenvalue weighted by atomic mass is 16.5. The molecule has 0 rings (SSSR count). The van der Waals surface area contributed by atoms with E-state index >= 15 is 0 Å². The molecule has 0 aromatic carbocycles. The largest absolute Gasteiger partial charge is 0.452 e. The van der Waals surface area contributed by atoms with Crippen LogP contribution in [-0.4, -0.2) is 24.5 Å². The Labute approximate surface area is 81.1 Å². The van der Waals surface area contributed by atoms with Gasteiger partial charge in [0.1, 0.15) is 0 Å². The van der Waals surface area contributed by atoms with Crippen LogP contribution in [-0.2, 0) is 14.3 Å². The van der Waals surface area contributed by atoms with E-state index in [1.54, 1.807) is 19.2 Å². The number of ether oxygens (including phenoxy) is 1. The topological polar surface area (TPSA) is 98.5 Å². The van der Waals surface area contributed by atoms with Gasteiger partial charge in [-0.05, 0) is 13.8 Å². The Balaban J connectivity index is 3.84. The van der Waals surface area contributed by atoms with E-state index in [9.17, 15) is 14.4 Å². The van der Waals surface area contributed by atoms with Crippen LogP contribution >= 0.6 is 0 Å². The first-order chi connectivity index (χ1) is 6.41. The van der Waals surface area contributed by atoms with E-state index in [1.165, 1.54) is 6.08 Å². The smallest absolute Gasteiger partial charge is 0.331 e. The fourth-order valence-corrected chi connectivity index (χ4v) is 0.588. The molecule has 0 aliphatic carbocycles. The van der Waals surface area contributed by atoms with Crippen molar-refractivity contribution in [2.24, 2.45) is 5.73 Å². The third-order valence-corrected chi connectivity index (χ3v) is 1.01. The summed E-state index contributed by atoms with van der Waals surface area (Å²) in [7, 11) is 0. The number of carbonyl (C=O) groups excluding carboxylic acids is 3. The highest BCUT2D eigenvalue weighted by molar-refractivity contribution is 5.95. The summed E-state index contributed by atoms with van der Waals surface area (Å²) in [6, 6.07) is -0.978. The number of esters is 1. The maximum Gasteiger partial charge on any atom is 0.331 e. The van der Waals surface area contributed by atoms with Crippen LogP contribution < -0.4 is 11.1 Å². The van der Waals surface area contributed by atoms with E-state index in [1.807, 2.05) is 0 Å².